The number of thioether (sulfide) groups is 2. The lowest BCUT2D eigenvalue weighted by Gasteiger charge is -2.36. The molecule has 1 saturated heterocycles. The van der Waals surface area contributed by atoms with E-state index in [9.17, 15) is 10.2 Å². The zero-order chi connectivity index (χ0) is 19.7. The molecule has 0 radical (unpaired) electrons. The Labute approximate surface area is 189 Å². The number of aliphatic hydroxyl groups excluding tert-OH is 2. The second-order valence-electron chi connectivity index (χ2n) is 7.12. The molecule has 0 saturated carbocycles. The van der Waals surface area contributed by atoms with Crippen LogP contribution < -0.4 is 0 Å². The molecule has 8 atom stereocenters. The molecule has 0 aromatic carbocycles. The minimum absolute atomic E-state index is 0.199. The maximum absolute atomic E-state index is 10.4. The van der Waals surface area contributed by atoms with Crippen LogP contribution in [0.25, 0.3) is 0 Å². The van der Waals surface area contributed by atoms with Crippen molar-refractivity contribution < 1.29 is 10.2 Å². The molecule has 1 aliphatic rings. The van der Waals surface area contributed by atoms with Gasteiger partial charge in [-0.2, -0.15) is 48.8 Å². The molecule has 0 spiro atoms. The molecule has 8 unspecified atom stereocenters. The lowest BCUT2D eigenvalue weighted by atomic mass is 10.1. The van der Waals surface area contributed by atoms with Gasteiger partial charge in [0.05, 0.1) is 23.0 Å². The highest BCUT2D eigenvalue weighted by molar-refractivity contribution is 8.07. The SMILES string of the molecule is CCCC(S)CC(O)C(Cl)C1CSC(C(Cl)C(O)CC(S)CCC)CS1. The van der Waals surface area contributed by atoms with E-state index in [1.165, 1.54) is 0 Å². The van der Waals surface area contributed by atoms with Crippen LogP contribution in [0, 0.1) is 0 Å². The molecular formula is C18H34Cl2O2S4. The third-order valence-corrected chi connectivity index (χ3v) is 10.4. The van der Waals surface area contributed by atoms with Gasteiger partial charge in [0.2, 0.25) is 0 Å². The fraction of sp³-hybridized carbons (Fsp3) is 1.00. The monoisotopic (exact) mass is 480 g/mol. The first-order valence-corrected chi connectivity index (χ1v) is 13.5. The Kier molecular flexibility index (Phi) is 14.0. The molecule has 2 N–H and O–H groups in total. The number of halogens is 2. The van der Waals surface area contributed by atoms with Gasteiger partial charge in [-0.05, 0) is 25.7 Å². The number of hydrogen-bond acceptors (Lipinski definition) is 6. The first-order valence-electron chi connectivity index (χ1n) is 9.53. The molecular weight excluding hydrogens is 447 g/mol. The van der Waals surface area contributed by atoms with Gasteiger partial charge in [0.15, 0.2) is 0 Å². The van der Waals surface area contributed by atoms with E-state index >= 15 is 0 Å². The summed E-state index contributed by atoms with van der Waals surface area (Å²) in [5.74, 6) is 1.70. The Balaban J connectivity index is 2.40. The van der Waals surface area contributed by atoms with E-state index in [4.69, 9.17) is 23.2 Å². The van der Waals surface area contributed by atoms with Crippen LogP contribution in [0.1, 0.15) is 52.4 Å². The zero-order valence-corrected chi connectivity index (χ0v) is 20.6. The lowest BCUT2D eigenvalue weighted by molar-refractivity contribution is 0.155. The molecule has 1 heterocycles. The molecule has 1 rings (SSSR count). The largest absolute Gasteiger partial charge is 0.392 e. The van der Waals surface area contributed by atoms with Gasteiger partial charge in [0.25, 0.3) is 0 Å². The summed E-state index contributed by atoms with van der Waals surface area (Å²) in [6.07, 6.45) is 4.32. The van der Waals surface area contributed by atoms with Gasteiger partial charge in [-0.25, -0.2) is 0 Å². The van der Waals surface area contributed by atoms with Crippen molar-refractivity contribution in [1.29, 1.82) is 0 Å². The van der Waals surface area contributed by atoms with Crippen molar-refractivity contribution in [2.24, 2.45) is 0 Å². The lowest BCUT2D eigenvalue weighted by Crippen LogP contribution is -2.41. The van der Waals surface area contributed by atoms with Crippen molar-refractivity contribution in [1.82, 2.24) is 0 Å². The Morgan fingerprint density at radius 1 is 0.846 bits per heavy atom. The highest BCUT2D eigenvalue weighted by atomic mass is 35.5. The van der Waals surface area contributed by atoms with E-state index in [-0.39, 0.29) is 31.8 Å². The fourth-order valence-corrected chi connectivity index (χ4v) is 8.36. The number of thiol groups is 2. The van der Waals surface area contributed by atoms with Crippen LogP contribution in [-0.4, -0.2) is 65.7 Å². The summed E-state index contributed by atoms with van der Waals surface area (Å²) in [4.78, 5) is 0. The van der Waals surface area contributed by atoms with Gasteiger partial charge in [-0.1, -0.05) is 26.7 Å². The first kappa shape index (κ1) is 25.9. The van der Waals surface area contributed by atoms with Crippen molar-refractivity contribution in [3.63, 3.8) is 0 Å². The van der Waals surface area contributed by atoms with Gasteiger partial charge in [-0.3, -0.25) is 0 Å². The number of hydrogen-bond donors (Lipinski definition) is 4. The van der Waals surface area contributed by atoms with Gasteiger partial charge in [-0.15, -0.1) is 23.2 Å². The summed E-state index contributed by atoms with van der Waals surface area (Å²) in [6.45, 7) is 4.24. The summed E-state index contributed by atoms with van der Waals surface area (Å²) in [7, 11) is 0. The second-order valence-corrected chi connectivity index (χ2v) is 12.1. The average molecular weight is 482 g/mol. The predicted molar refractivity (Wildman–Crippen MR) is 128 cm³/mol. The van der Waals surface area contributed by atoms with Gasteiger partial charge in [0, 0.05) is 32.5 Å². The average Bonchev–Trinajstić information content (AvgIpc) is 2.60. The zero-order valence-electron chi connectivity index (χ0n) is 15.6. The maximum Gasteiger partial charge on any atom is 0.0725 e. The van der Waals surface area contributed by atoms with Gasteiger partial charge < -0.3 is 10.2 Å². The third-order valence-electron chi connectivity index (χ3n) is 4.67. The van der Waals surface area contributed by atoms with Crippen molar-refractivity contribution >= 4 is 72.0 Å². The van der Waals surface area contributed by atoms with Crippen LogP contribution in [0.5, 0.6) is 0 Å². The van der Waals surface area contributed by atoms with Gasteiger partial charge in [0.1, 0.15) is 0 Å². The Morgan fingerprint density at radius 2 is 1.19 bits per heavy atom. The minimum Gasteiger partial charge on any atom is -0.392 e. The van der Waals surface area contributed by atoms with E-state index in [0.29, 0.717) is 12.8 Å². The Bertz CT molecular complexity index is 339. The van der Waals surface area contributed by atoms with Crippen molar-refractivity contribution in [2.75, 3.05) is 11.5 Å². The van der Waals surface area contributed by atoms with Crippen LogP contribution in [0.4, 0.5) is 0 Å². The Morgan fingerprint density at radius 3 is 1.46 bits per heavy atom. The molecule has 26 heavy (non-hydrogen) atoms. The van der Waals surface area contributed by atoms with Crippen LogP contribution in [0.2, 0.25) is 0 Å². The molecule has 8 heteroatoms. The fourth-order valence-electron chi connectivity index (χ4n) is 3.12. The second kappa shape index (κ2) is 14.0. The maximum atomic E-state index is 10.4. The molecule has 0 aromatic rings. The van der Waals surface area contributed by atoms with E-state index in [2.05, 4.69) is 39.1 Å². The van der Waals surface area contributed by atoms with Crippen molar-refractivity contribution in [2.45, 2.75) is 96.3 Å². The summed E-state index contributed by atoms with van der Waals surface area (Å²) < 4.78 is 0. The Hall–Kier alpha value is 1.90. The summed E-state index contributed by atoms with van der Waals surface area (Å²) in [5.41, 5.74) is 0. The molecule has 0 amide bonds. The van der Waals surface area contributed by atoms with Crippen LogP contribution in [-0.2, 0) is 0 Å². The topological polar surface area (TPSA) is 40.5 Å². The van der Waals surface area contributed by atoms with E-state index in [1.807, 2.05) is 0 Å². The van der Waals surface area contributed by atoms with E-state index < -0.39 is 12.2 Å². The minimum atomic E-state index is -0.531. The molecule has 1 fully saturated rings. The smallest absolute Gasteiger partial charge is 0.0725 e. The van der Waals surface area contributed by atoms with Gasteiger partial charge >= 0.3 is 0 Å². The molecule has 0 aliphatic carbocycles. The number of alkyl halides is 2. The molecule has 1 aliphatic heterocycles. The molecule has 0 bridgehead atoms. The highest BCUT2D eigenvalue weighted by Gasteiger charge is 2.36. The van der Waals surface area contributed by atoms with Crippen LogP contribution >= 0.6 is 72.0 Å². The molecule has 0 aromatic heterocycles. The standard InChI is InChI=1S/C18H34Cl2O2S4/c1-3-5-11(23)7-13(21)17(19)15-9-26-16(10-25-15)18(20)14(22)8-12(24)6-4-2/h11-18,21-24H,3-10H2,1-2H3. The number of rotatable bonds is 12. The summed E-state index contributed by atoms with van der Waals surface area (Å²) in [5, 5.41) is 21.1. The van der Waals surface area contributed by atoms with Crippen molar-refractivity contribution in [3.05, 3.63) is 0 Å². The third kappa shape index (κ3) is 9.15. The summed E-state index contributed by atoms with van der Waals surface area (Å²) >= 11 is 25.7. The molecule has 2 nitrogen and oxygen atoms in total. The normalized spacial score (nSPS) is 28.2. The highest BCUT2D eigenvalue weighted by Crippen LogP contribution is 2.39. The van der Waals surface area contributed by atoms with E-state index in [1.54, 1.807) is 23.5 Å². The summed E-state index contributed by atoms with van der Waals surface area (Å²) in [6, 6.07) is 0. The van der Waals surface area contributed by atoms with Crippen molar-refractivity contribution in [3.8, 4) is 0 Å². The van der Waals surface area contributed by atoms with E-state index in [0.717, 1.165) is 37.2 Å². The van der Waals surface area contributed by atoms with Crippen LogP contribution in [0.15, 0.2) is 0 Å². The predicted octanol–water partition coefficient (Wildman–Crippen LogP) is 5.12. The molecule has 156 valence electrons. The number of aliphatic hydroxyl groups is 2. The quantitative estimate of drug-likeness (QED) is 0.231. The first-order chi connectivity index (χ1) is 12.3. The van der Waals surface area contributed by atoms with Crippen LogP contribution in [0.3, 0.4) is 0 Å².